The van der Waals surface area contributed by atoms with Gasteiger partial charge < -0.3 is 14.7 Å². The van der Waals surface area contributed by atoms with E-state index in [-0.39, 0.29) is 11.8 Å². The fourth-order valence-electron chi connectivity index (χ4n) is 3.97. The summed E-state index contributed by atoms with van der Waals surface area (Å²) in [6.45, 7) is 5.91. The average Bonchev–Trinajstić information content (AvgIpc) is 3.03. The van der Waals surface area contributed by atoms with E-state index in [0.717, 1.165) is 37.3 Å². The van der Waals surface area contributed by atoms with Gasteiger partial charge in [0.1, 0.15) is 0 Å². The number of carbonyl (C=O) groups excluding carboxylic acids is 2. The summed E-state index contributed by atoms with van der Waals surface area (Å²) in [6, 6.07) is 16.0. The lowest BCUT2D eigenvalue weighted by atomic mass is 10.1. The van der Waals surface area contributed by atoms with Crippen LogP contribution in [0, 0.1) is 0 Å². The van der Waals surface area contributed by atoms with E-state index in [1.54, 1.807) is 0 Å². The molecule has 0 bridgehead atoms. The minimum Gasteiger partial charge on any atom is -0.368 e. The molecule has 0 unspecified atom stereocenters. The lowest BCUT2D eigenvalue weighted by Crippen LogP contribution is -2.48. The molecule has 140 valence electrons. The first-order valence-electron chi connectivity index (χ1n) is 9.70. The number of hydrogen-bond acceptors (Lipinski definition) is 3. The van der Waals surface area contributed by atoms with Gasteiger partial charge in [0.25, 0.3) is 5.91 Å². The van der Waals surface area contributed by atoms with Crippen molar-refractivity contribution in [1.29, 1.82) is 0 Å². The summed E-state index contributed by atoms with van der Waals surface area (Å²) in [5.74, 6) is 0.194. The van der Waals surface area contributed by atoms with Crippen LogP contribution < -0.4 is 9.80 Å². The van der Waals surface area contributed by atoms with Crippen LogP contribution in [0.1, 0.15) is 29.3 Å². The molecule has 0 atom stereocenters. The molecule has 0 N–H and O–H groups in total. The molecule has 2 aromatic rings. The molecule has 1 saturated heterocycles. The molecule has 2 aliphatic rings. The molecule has 2 aliphatic heterocycles. The van der Waals surface area contributed by atoms with Crippen LogP contribution in [0.2, 0.25) is 0 Å². The van der Waals surface area contributed by atoms with Crippen molar-refractivity contribution in [2.75, 3.05) is 42.5 Å². The SMILES string of the molecule is CCCN1C(=O)Cc2cc(C(=O)N3CCN(c4ccccc4)CC3)ccc21. The molecular weight excluding hydrogens is 338 g/mol. The Morgan fingerprint density at radius 3 is 2.44 bits per heavy atom. The largest absolute Gasteiger partial charge is 0.368 e. The Morgan fingerprint density at radius 2 is 1.74 bits per heavy atom. The zero-order valence-corrected chi connectivity index (χ0v) is 15.7. The van der Waals surface area contributed by atoms with Crippen LogP contribution >= 0.6 is 0 Å². The molecule has 1 fully saturated rings. The maximum atomic E-state index is 12.9. The molecule has 5 nitrogen and oxygen atoms in total. The quantitative estimate of drug-likeness (QED) is 0.839. The second-order valence-corrected chi connectivity index (χ2v) is 7.18. The van der Waals surface area contributed by atoms with Crippen molar-refractivity contribution in [3.05, 3.63) is 59.7 Å². The van der Waals surface area contributed by atoms with Crippen molar-refractivity contribution in [2.45, 2.75) is 19.8 Å². The Bertz CT molecular complexity index is 842. The summed E-state index contributed by atoms with van der Waals surface area (Å²) in [6.07, 6.45) is 1.33. The summed E-state index contributed by atoms with van der Waals surface area (Å²) in [7, 11) is 0. The maximum Gasteiger partial charge on any atom is 0.253 e. The Morgan fingerprint density at radius 1 is 1.00 bits per heavy atom. The first-order chi connectivity index (χ1) is 13.2. The third kappa shape index (κ3) is 3.42. The van der Waals surface area contributed by atoms with Crippen LogP contribution in [0.15, 0.2) is 48.5 Å². The van der Waals surface area contributed by atoms with Crippen LogP contribution in [0.4, 0.5) is 11.4 Å². The van der Waals surface area contributed by atoms with Gasteiger partial charge in [0, 0.05) is 49.7 Å². The number of carbonyl (C=O) groups is 2. The lowest BCUT2D eigenvalue weighted by Gasteiger charge is -2.36. The van der Waals surface area contributed by atoms with Crippen LogP contribution in [0.25, 0.3) is 0 Å². The Hall–Kier alpha value is -2.82. The smallest absolute Gasteiger partial charge is 0.253 e. The molecule has 2 heterocycles. The third-order valence-corrected chi connectivity index (χ3v) is 5.40. The second-order valence-electron chi connectivity index (χ2n) is 7.18. The Labute approximate surface area is 160 Å². The summed E-state index contributed by atoms with van der Waals surface area (Å²) in [4.78, 5) is 31.2. The molecule has 27 heavy (non-hydrogen) atoms. The molecule has 0 aromatic heterocycles. The zero-order valence-electron chi connectivity index (χ0n) is 15.7. The van der Waals surface area contributed by atoms with Crippen molar-refractivity contribution >= 4 is 23.2 Å². The van der Waals surface area contributed by atoms with E-state index in [2.05, 4.69) is 24.0 Å². The molecule has 2 amide bonds. The van der Waals surface area contributed by atoms with E-state index in [1.807, 2.05) is 46.2 Å². The zero-order chi connectivity index (χ0) is 18.8. The second kappa shape index (κ2) is 7.43. The summed E-state index contributed by atoms with van der Waals surface area (Å²) >= 11 is 0. The van der Waals surface area contributed by atoms with Gasteiger partial charge in [0.15, 0.2) is 0 Å². The fourth-order valence-corrected chi connectivity index (χ4v) is 3.97. The Balaban J connectivity index is 1.44. The monoisotopic (exact) mass is 363 g/mol. The first-order valence-corrected chi connectivity index (χ1v) is 9.70. The number of amides is 2. The molecular formula is C22H25N3O2. The van der Waals surface area contributed by atoms with Gasteiger partial charge in [-0.2, -0.15) is 0 Å². The first kappa shape index (κ1) is 17.6. The number of benzene rings is 2. The van der Waals surface area contributed by atoms with Crippen LogP contribution in [0.3, 0.4) is 0 Å². The Kier molecular flexibility index (Phi) is 4.84. The predicted octanol–water partition coefficient (Wildman–Crippen LogP) is 2.95. The number of piperazine rings is 1. The van der Waals surface area contributed by atoms with Crippen molar-refractivity contribution in [1.82, 2.24) is 4.90 Å². The average molecular weight is 363 g/mol. The van der Waals surface area contributed by atoms with Gasteiger partial charge >= 0.3 is 0 Å². The number of rotatable bonds is 4. The van der Waals surface area contributed by atoms with Crippen molar-refractivity contribution in [3.63, 3.8) is 0 Å². The number of para-hydroxylation sites is 1. The van der Waals surface area contributed by atoms with Gasteiger partial charge in [-0.05, 0) is 42.3 Å². The highest BCUT2D eigenvalue weighted by molar-refractivity contribution is 6.03. The highest BCUT2D eigenvalue weighted by Gasteiger charge is 2.28. The van der Waals surface area contributed by atoms with Gasteiger partial charge in [0.05, 0.1) is 6.42 Å². The maximum absolute atomic E-state index is 12.9. The van der Waals surface area contributed by atoms with Gasteiger partial charge in [-0.15, -0.1) is 0 Å². The van der Waals surface area contributed by atoms with Gasteiger partial charge in [-0.3, -0.25) is 9.59 Å². The summed E-state index contributed by atoms with van der Waals surface area (Å²) in [5, 5.41) is 0. The molecule has 0 spiro atoms. The fraction of sp³-hybridized carbons (Fsp3) is 0.364. The highest BCUT2D eigenvalue weighted by Crippen LogP contribution is 2.30. The number of anilines is 2. The number of nitrogens with zero attached hydrogens (tertiary/aromatic N) is 3. The van der Waals surface area contributed by atoms with Crippen molar-refractivity contribution in [3.8, 4) is 0 Å². The summed E-state index contributed by atoms with van der Waals surface area (Å²) < 4.78 is 0. The highest BCUT2D eigenvalue weighted by atomic mass is 16.2. The van der Waals surface area contributed by atoms with E-state index >= 15 is 0 Å². The normalized spacial score (nSPS) is 16.6. The molecule has 0 aliphatic carbocycles. The molecule has 0 radical (unpaired) electrons. The predicted molar refractivity (Wildman–Crippen MR) is 107 cm³/mol. The molecule has 4 rings (SSSR count). The minimum absolute atomic E-state index is 0.0619. The van der Waals surface area contributed by atoms with Gasteiger partial charge in [0.2, 0.25) is 5.91 Å². The van der Waals surface area contributed by atoms with Gasteiger partial charge in [-0.1, -0.05) is 25.1 Å². The lowest BCUT2D eigenvalue weighted by molar-refractivity contribution is -0.117. The van der Waals surface area contributed by atoms with E-state index in [0.29, 0.717) is 25.1 Å². The van der Waals surface area contributed by atoms with E-state index in [4.69, 9.17) is 0 Å². The van der Waals surface area contributed by atoms with Gasteiger partial charge in [-0.25, -0.2) is 0 Å². The van der Waals surface area contributed by atoms with Crippen LogP contribution in [-0.4, -0.2) is 49.4 Å². The van der Waals surface area contributed by atoms with E-state index < -0.39 is 0 Å². The molecule has 5 heteroatoms. The minimum atomic E-state index is 0.0619. The molecule has 0 saturated carbocycles. The van der Waals surface area contributed by atoms with Crippen molar-refractivity contribution in [2.24, 2.45) is 0 Å². The topological polar surface area (TPSA) is 43.9 Å². The number of fused-ring (bicyclic) bond motifs is 1. The van der Waals surface area contributed by atoms with Crippen LogP contribution in [-0.2, 0) is 11.2 Å². The van der Waals surface area contributed by atoms with E-state index in [1.165, 1.54) is 5.69 Å². The van der Waals surface area contributed by atoms with Crippen LogP contribution in [0.5, 0.6) is 0 Å². The standard InChI is InChI=1S/C22H25N3O2/c1-2-10-25-20-9-8-17(15-18(20)16-21(25)26)22(27)24-13-11-23(12-14-24)19-6-4-3-5-7-19/h3-9,15H,2,10-14,16H2,1H3. The third-order valence-electron chi connectivity index (χ3n) is 5.40. The number of hydrogen-bond donors (Lipinski definition) is 0. The summed E-state index contributed by atoms with van der Waals surface area (Å²) in [5.41, 5.74) is 3.83. The van der Waals surface area contributed by atoms with Crippen molar-refractivity contribution < 1.29 is 9.59 Å². The van der Waals surface area contributed by atoms with E-state index in [9.17, 15) is 9.59 Å². The molecule has 2 aromatic carbocycles.